The van der Waals surface area contributed by atoms with E-state index in [0.717, 1.165) is 11.3 Å². The standard InChI is InChI=1S/C16H12N2O2/c17-9-13(12-5-3-7-18-10-12)16(19)15-8-11-4-1-2-6-14(11)20-15/h1-7,10,13,15H,8H2. The molecule has 0 fully saturated rings. The number of aromatic nitrogens is 1. The Hall–Kier alpha value is -2.67. The van der Waals surface area contributed by atoms with E-state index >= 15 is 0 Å². The van der Waals surface area contributed by atoms with Gasteiger partial charge in [0, 0.05) is 18.8 Å². The molecule has 2 heterocycles. The van der Waals surface area contributed by atoms with Crippen LogP contribution in [0.5, 0.6) is 5.75 Å². The first-order valence-corrected chi connectivity index (χ1v) is 6.37. The van der Waals surface area contributed by atoms with Crippen molar-refractivity contribution in [2.75, 3.05) is 0 Å². The molecule has 0 radical (unpaired) electrons. The molecule has 4 nitrogen and oxygen atoms in total. The average molecular weight is 264 g/mol. The van der Waals surface area contributed by atoms with Gasteiger partial charge in [-0.3, -0.25) is 9.78 Å². The van der Waals surface area contributed by atoms with Crippen molar-refractivity contribution in [1.82, 2.24) is 4.98 Å². The quantitative estimate of drug-likeness (QED) is 0.853. The van der Waals surface area contributed by atoms with Gasteiger partial charge in [-0.05, 0) is 23.3 Å². The number of Topliss-reactive ketones (excluding diaryl/α,β-unsaturated/α-hetero) is 1. The van der Waals surface area contributed by atoms with Gasteiger partial charge in [0.15, 0.2) is 11.9 Å². The highest BCUT2D eigenvalue weighted by molar-refractivity contribution is 5.93. The van der Waals surface area contributed by atoms with Crippen LogP contribution in [0.4, 0.5) is 0 Å². The van der Waals surface area contributed by atoms with Crippen molar-refractivity contribution in [3.8, 4) is 11.8 Å². The number of hydrogen-bond donors (Lipinski definition) is 0. The molecule has 20 heavy (non-hydrogen) atoms. The number of fused-ring (bicyclic) bond motifs is 1. The van der Waals surface area contributed by atoms with Crippen molar-refractivity contribution in [2.45, 2.75) is 18.4 Å². The summed E-state index contributed by atoms with van der Waals surface area (Å²) in [4.78, 5) is 16.4. The van der Waals surface area contributed by atoms with Crippen LogP contribution in [0.15, 0.2) is 48.8 Å². The highest BCUT2D eigenvalue weighted by Crippen LogP contribution is 2.31. The molecule has 0 saturated carbocycles. The number of carbonyl (C=O) groups is 1. The van der Waals surface area contributed by atoms with Crippen LogP contribution in [-0.4, -0.2) is 16.9 Å². The molecule has 1 aliphatic heterocycles. The van der Waals surface area contributed by atoms with Gasteiger partial charge in [0.2, 0.25) is 0 Å². The number of ether oxygens (including phenoxy) is 1. The third kappa shape index (κ3) is 2.14. The zero-order valence-corrected chi connectivity index (χ0v) is 10.7. The molecule has 1 aromatic carbocycles. The first-order chi connectivity index (χ1) is 9.79. The first-order valence-electron chi connectivity index (χ1n) is 6.37. The number of ketones is 1. The molecule has 3 rings (SSSR count). The van der Waals surface area contributed by atoms with Gasteiger partial charge in [-0.25, -0.2) is 0 Å². The Balaban J connectivity index is 1.82. The van der Waals surface area contributed by atoms with E-state index in [9.17, 15) is 10.1 Å². The van der Waals surface area contributed by atoms with Crippen molar-refractivity contribution < 1.29 is 9.53 Å². The number of nitrogens with zero attached hydrogens (tertiary/aromatic N) is 2. The predicted octanol–water partition coefficient (Wildman–Crippen LogP) is 2.26. The van der Waals surface area contributed by atoms with Gasteiger partial charge in [0.1, 0.15) is 11.7 Å². The molecule has 1 aromatic heterocycles. The van der Waals surface area contributed by atoms with Gasteiger partial charge in [-0.1, -0.05) is 24.3 Å². The van der Waals surface area contributed by atoms with Crippen molar-refractivity contribution >= 4 is 5.78 Å². The van der Waals surface area contributed by atoms with Gasteiger partial charge in [-0.2, -0.15) is 5.26 Å². The Morgan fingerprint density at radius 3 is 2.90 bits per heavy atom. The summed E-state index contributed by atoms with van der Waals surface area (Å²) in [6.45, 7) is 0. The van der Waals surface area contributed by atoms with Crippen LogP contribution in [0.1, 0.15) is 17.0 Å². The highest BCUT2D eigenvalue weighted by Gasteiger charge is 2.34. The minimum Gasteiger partial charge on any atom is -0.482 e. The van der Waals surface area contributed by atoms with Crippen LogP contribution in [0.2, 0.25) is 0 Å². The first kappa shape index (κ1) is 12.4. The van der Waals surface area contributed by atoms with Crippen LogP contribution in [0.3, 0.4) is 0 Å². The summed E-state index contributed by atoms with van der Waals surface area (Å²) in [5, 5.41) is 9.27. The zero-order valence-electron chi connectivity index (χ0n) is 10.7. The van der Waals surface area contributed by atoms with E-state index in [1.54, 1.807) is 24.5 Å². The summed E-state index contributed by atoms with van der Waals surface area (Å²) in [5.41, 5.74) is 1.62. The molecule has 2 atom stereocenters. The van der Waals surface area contributed by atoms with Gasteiger partial charge in [-0.15, -0.1) is 0 Å². The third-order valence-electron chi connectivity index (χ3n) is 3.40. The second-order valence-corrected chi connectivity index (χ2v) is 4.67. The van der Waals surface area contributed by atoms with Crippen LogP contribution in [0, 0.1) is 11.3 Å². The fraction of sp³-hybridized carbons (Fsp3) is 0.188. The second-order valence-electron chi connectivity index (χ2n) is 4.67. The molecular formula is C16H12N2O2. The Morgan fingerprint density at radius 1 is 1.35 bits per heavy atom. The van der Waals surface area contributed by atoms with Crippen LogP contribution in [0.25, 0.3) is 0 Å². The minimum atomic E-state index is -0.831. The molecular weight excluding hydrogens is 252 g/mol. The molecule has 0 aliphatic carbocycles. The minimum absolute atomic E-state index is 0.211. The fourth-order valence-electron chi connectivity index (χ4n) is 2.38. The smallest absolute Gasteiger partial charge is 0.195 e. The number of rotatable bonds is 3. The lowest BCUT2D eigenvalue weighted by Crippen LogP contribution is -2.30. The number of pyridine rings is 1. The second kappa shape index (κ2) is 5.14. The number of nitriles is 1. The number of carbonyl (C=O) groups excluding carboxylic acids is 1. The monoisotopic (exact) mass is 264 g/mol. The van der Waals surface area contributed by atoms with E-state index in [4.69, 9.17) is 4.74 Å². The molecule has 0 saturated heterocycles. The third-order valence-corrected chi connectivity index (χ3v) is 3.40. The molecule has 0 bridgehead atoms. The van der Waals surface area contributed by atoms with Crippen molar-refractivity contribution in [2.24, 2.45) is 0 Å². The van der Waals surface area contributed by atoms with Crippen molar-refractivity contribution in [1.29, 1.82) is 5.26 Å². The van der Waals surface area contributed by atoms with E-state index in [1.807, 2.05) is 24.3 Å². The SMILES string of the molecule is N#CC(C(=O)C1Cc2ccccc2O1)c1cccnc1. The van der Waals surface area contributed by atoms with Gasteiger partial charge in [0.25, 0.3) is 0 Å². The van der Waals surface area contributed by atoms with E-state index in [-0.39, 0.29) is 5.78 Å². The Kier molecular flexibility index (Phi) is 3.18. The van der Waals surface area contributed by atoms with E-state index < -0.39 is 12.0 Å². The van der Waals surface area contributed by atoms with Crippen molar-refractivity contribution in [3.63, 3.8) is 0 Å². The lowest BCUT2D eigenvalue weighted by atomic mass is 9.92. The summed E-state index contributed by atoms with van der Waals surface area (Å²) in [6, 6.07) is 13.1. The van der Waals surface area contributed by atoms with E-state index in [2.05, 4.69) is 11.1 Å². The summed E-state index contributed by atoms with van der Waals surface area (Å²) in [6.07, 6.45) is 3.10. The van der Waals surface area contributed by atoms with E-state index in [0.29, 0.717) is 12.0 Å². The molecule has 2 unspecified atom stereocenters. The normalized spacial score (nSPS) is 17.6. The fourth-order valence-corrected chi connectivity index (χ4v) is 2.38. The summed E-state index contributed by atoms with van der Waals surface area (Å²) in [7, 11) is 0. The topological polar surface area (TPSA) is 63.0 Å². The van der Waals surface area contributed by atoms with Gasteiger partial charge < -0.3 is 4.74 Å². The van der Waals surface area contributed by atoms with Crippen LogP contribution < -0.4 is 4.74 Å². The maximum atomic E-state index is 12.5. The Labute approximate surface area is 116 Å². The summed E-state index contributed by atoms with van der Waals surface area (Å²) >= 11 is 0. The van der Waals surface area contributed by atoms with Crippen molar-refractivity contribution in [3.05, 3.63) is 59.9 Å². The molecule has 2 aromatic rings. The Morgan fingerprint density at radius 2 is 2.20 bits per heavy atom. The molecule has 0 spiro atoms. The molecule has 0 amide bonds. The number of benzene rings is 1. The lowest BCUT2D eigenvalue weighted by molar-refractivity contribution is -0.125. The molecule has 1 aliphatic rings. The maximum absolute atomic E-state index is 12.5. The van der Waals surface area contributed by atoms with E-state index in [1.165, 1.54) is 0 Å². The number of para-hydroxylation sites is 1. The predicted molar refractivity (Wildman–Crippen MR) is 72.2 cm³/mol. The molecule has 0 N–H and O–H groups in total. The molecule has 98 valence electrons. The lowest BCUT2D eigenvalue weighted by Gasteiger charge is -2.13. The maximum Gasteiger partial charge on any atom is 0.195 e. The largest absolute Gasteiger partial charge is 0.482 e. The Bertz CT molecular complexity index is 651. The number of hydrogen-bond acceptors (Lipinski definition) is 4. The highest BCUT2D eigenvalue weighted by atomic mass is 16.5. The zero-order chi connectivity index (χ0) is 13.9. The molecule has 4 heteroatoms. The van der Waals surface area contributed by atoms with Crippen LogP contribution >= 0.6 is 0 Å². The summed E-state index contributed by atoms with van der Waals surface area (Å²) in [5.74, 6) is -0.312. The van der Waals surface area contributed by atoms with Crippen LogP contribution in [-0.2, 0) is 11.2 Å². The van der Waals surface area contributed by atoms with Gasteiger partial charge in [0.05, 0.1) is 6.07 Å². The summed E-state index contributed by atoms with van der Waals surface area (Å²) < 4.78 is 5.65. The van der Waals surface area contributed by atoms with Gasteiger partial charge >= 0.3 is 0 Å². The average Bonchev–Trinajstić information content (AvgIpc) is 2.93.